The summed E-state index contributed by atoms with van der Waals surface area (Å²) in [6.45, 7) is 0. The van der Waals surface area contributed by atoms with Crippen LogP contribution in [-0.2, 0) is 0 Å². The Kier molecular flexibility index (Phi) is 4.46. The van der Waals surface area contributed by atoms with E-state index in [4.69, 9.17) is 9.72 Å². The zero-order valence-electron chi connectivity index (χ0n) is 15.1. The minimum atomic E-state index is -0.277. The third-order valence-electron chi connectivity index (χ3n) is 4.42. The highest BCUT2D eigenvalue weighted by Crippen LogP contribution is 2.37. The molecule has 29 heavy (non-hydrogen) atoms. The summed E-state index contributed by atoms with van der Waals surface area (Å²) < 4.78 is 20.2. The smallest absolute Gasteiger partial charge is 0.321 e. The minimum Gasteiger partial charge on any atom is -0.424 e. The molecule has 0 saturated carbocycles. The van der Waals surface area contributed by atoms with Gasteiger partial charge in [-0.1, -0.05) is 36.4 Å². The molecule has 0 N–H and O–H groups in total. The molecule has 0 aliphatic rings. The van der Waals surface area contributed by atoms with Crippen LogP contribution in [0.5, 0.6) is 11.8 Å². The van der Waals surface area contributed by atoms with Gasteiger partial charge in [-0.3, -0.25) is 0 Å². The summed E-state index contributed by atoms with van der Waals surface area (Å²) in [4.78, 5) is 13.3. The lowest BCUT2D eigenvalue weighted by molar-refractivity contribution is 0.443. The number of ether oxygens (including phenoxy) is 1. The Hall–Kier alpha value is -3.64. The van der Waals surface area contributed by atoms with Gasteiger partial charge in [0, 0.05) is 18.0 Å². The van der Waals surface area contributed by atoms with Crippen LogP contribution in [0.2, 0.25) is 0 Å². The van der Waals surface area contributed by atoms with E-state index in [1.807, 2.05) is 42.5 Å². The molecule has 0 atom stereocenters. The van der Waals surface area contributed by atoms with Crippen LogP contribution in [-0.4, -0.2) is 15.0 Å². The molecular formula is C23H14FN3OS. The Bertz CT molecular complexity index is 1250. The van der Waals surface area contributed by atoms with E-state index in [9.17, 15) is 4.39 Å². The number of aromatic nitrogens is 3. The zero-order valence-corrected chi connectivity index (χ0v) is 15.9. The van der Waals surface area contributed by atoms with Crippen molar-refractivity contribution in [1.29, 1.82) is 0 Å². The maximum atomic E-state index is 13.1. The highest BCUT2D eigenvalue weighted by atomic mass is 32.1. The van der Waals surface area contributed by atoms with Crippen molar-refractivity contribution in [2.75, 3.05) is 0 Å². The number of benzene rings is 3. The summed E-state index contributed by atoms with van der Waals surface area (Å²) in [6.07, 6.45) is 3.33. The van der Waals surface area contributed by atoms with Crippen molar-refractivity contribution in [2.24, 2.45) is 0 Å². The molecule has 0 fully saturated rings. The van der Waals surface area contributed by atoms with Crippen LogP contribution in [0, 0.1) is 5.82 Å². The van der Waals surface area contributed by atoms with E-state index in [2.05, 4.69) is 16.0 Å². The molecule has 0 spiro atoms. The quantitative estimate of drug-likeness (QED) is 0.353. The highest BCUT2D eigenvalue weighted by Gasteiger charge is 2.13. The van der Waals surface area contributed by atoms with E-state index >= 15 is 0 Å². The summed E-state index contributed by atoms with van der Waals surface area (Å²) in [7, 11) is 0. The number of thiazole rings is 1. The van der Waals surface area contributed by atoms with Gasteiger partial charge in [0.2, 0.25) is 0 Å². The van der Waals surface area contributed by atoms with Gasteiger partial charge < -0.3 is 4.74 Å². The van der Waals surface area contributed by atoms with E-state index in [0.29, 0.717) is 5.75 Å². The van der Waals surface area contributed by atoms with Crippen molar-refractivity contribution in [3.8, 4) is 33.5 Å². The molecule has 0 radical (unpaired) electrons. The van der Waals surface area contributed by atoms with Gasteiger partial charge in [-0.25, -0.2) is 19.3 Å². The van der Waals surface area contributed by atoms with Crippen molar-refractivity contribution in [2.45, 2.75) is 0 Å². The molecule has 0 aliphatic carbocycles. The standard InChI is InChI=1S/C23H14FN3OS/c24-17-11-9-15(10-12-17)16-13-25-23(26-14-16)28-20-7-3-1-5-18(20)22-27-19-6-2-4-8-21(19)29-22/h1-14H. The number of hydrogen-bond acceptors (Lipinski definition) is 5. The van der Waals surface area contributed by atoms with Crippen LogP contribution >= 0.6 is 11.3 Å². The highest BCUT2D eigenvalue weighted by molar-refractivity contribution is 7.21. The number of para-hydroxylation sites is 2. The van der Waals surface area contributed by atoms with Crippen LogP contribution in [0.25, 0.3) is 31.9 Å². The molecule has 2 aromatic heterocycles. The fraction of sp³-hybridized carbons (Fsp3) is 0. The molecule has 0 unspecified atom stereocenters. The van der Waals surface area contributed by atoms with Crippen molar-refractivity contribution in [3.05, 3.63) is 91.0 Å². The van der Waals surface area contributed by atoms with Gasteiger partial charge in [0.25, 0.3) is 0 Å². The monoisotopic (exact) mass is 399 g/mol. The number of nitrogens with zero attached hydrogens (tertiary/aromatic N) is 3. The molecule has 5 aromatic rings. The first kappa shape index (κ1) is 17.5. The third-order valence-corrected chi connectivity index (χ3v) is 5.49. The molecule has 0 bridgehead atoms. The summed E-state index contributed by atoms with van der Waals surface area (Å²) >= 11 is 1.61. The summed E-state index contributed by atoms with van der Waals surface area (Å²) in [6, 6.07) is 22.2. The minimum absolute atomic E-state index is 0.240. The topological polar surface area (TPSA) is 47.9 Å². The molecule has 0 amide bonds. The van der Waals surface area contributed by atoms with Crippen molar-refractivity contribution in [1.82, 2.24) is 15.0 Å². The van der Waals surface area contributed by atoms with Gasteiger partial charge in [-0.05, 0) is 42.0 Å². The number of fused-ring (bicyclic) bond motifs is 1. The lowest BCUT2D eigenvalue weighted by atomic mass is 10.1. The van der Waals surface area contributed by atoms with Crippen LogP contribution in [0.3, 0.4) is 0 Å². The number of hydrogen-bond donors (Lipinski definition) is 0. The van der Waals surface area contributed by atoms with E-state index in [1.54, 1.807) is 35.9 Å². The first-order valence-electron chi connectivity index (χ1n) is 8.97. The van der Waals surface area contributed by atoms with Gasteiger partial charge in [0.05, 0.1) is 15.8 Å². The predicted octanol–water partition coefficient (Wildman–Crippen LogP) is 6.35. The SMILES string of the molecule is Fc1ccc(-c2cnc(Oc3ccccc3-c3nc4ccccc4s3)nc2)cc1. The molecule has 6 heteroatoms. The maximum Gasteiger partial charge on any atom is 0.321 e. The van der Waals surface area contributed by atoms with Gasteiger partial charge in [0.15, 0.2) is 0 Å². The fourth-order valence-corrected chi connectivity index (χ4v) is 3.97. The summed E-state index contributed by atoms with van der Waals surface area (Å²) in [5.74, 6) is 0.363. The Morgan fingerprint density at radius 3 is 2.28 bits per heavy atom. The Balaban J connectivity index is 1.44. The third kappa shape index (κ3) is 3.58. The number of halogens is 1. The van der Waals surface area contributed by atoms with E-state index in [0.717, 1.165) is 31.9 Å². The second-order valence-electron chi connectivity index (χ2n) is 6.35. The fourth-order valence-electron chi connectivity index (χ4n) is 2.98. The van der Waals surface area contributed by atoms with Crippen molar-refractivity contribution in [3.63, 3.8) is 0 Å². The van der Waals surface area contributed by atoms with E-state index in [-0.39, 0.29) is 11.8 Å². The first-order valence-corrected chi connectivity index (χ1v) is 9.79. The second-order valence-corrected chi connectivity index (χ2v) is 7.38. The van der Waals surface area contributed by atoms with Crippen LogP contribution < -0.4 is 4.74 Å². The molecular weight excluding hydrogens is 385 g/mol. The van der Waals surface area contributed by atoms with Gasteiger partial charge in [-0.15, -0.1) is 11.3 Å². The largest absolute Gasteiger partial charge is 0.424 e. The second kappa shape index (κ2) is 7.41. The van der Waals surface area contributed by atoms with Crippen LogP contribution in [0.1, 0.15) is 0 Å². The summed E-state index contributed by atoms with van der Waals surface area (Å²) in [5.41, 5.74) is 3.48. The Labute approximate surface area is 170 Å². The molecule has 3 aromatic carbocycles. The summed E-state index contributed by atoms with van der Waals surface area (Å²) in [5, 5.41) is 0.879. The van der Waals surface area contributed by atoms with E-state index < -0.39 is 0 Å². The predicted molar refractivity (Wildman–Crippen MR) is 113 cm³/mol. The van der Waals surface area contributed by atoms with Crippen LogP contribution in [0.15, 0.2) is 85.2 Å². The van der Waals surface area contributed by atoms with Gasteiger partial charge >= 0.3 is 6.01 Å². The Morgan fingerprint density at radius 2 is 1.48 bits per heavy atom. The van der Waals surface area contributed by atoms with Gasteiger partial charge in [0.1, 0.15) is 16.6 Å². The lowest BCUT2D eigenvalue weighted by Crippen LogP contribution is -1.94. The average Bonchev–Trinajstić information content (AvgIpc) is 3.19. The first-order chi connectivity index (χ1) is 14.3. The molecule has 4 nitrogen and oxygen atoms in total. The van der Waals surface area contributed by atoms with E-state index in [1.165, 1.54) is 12.1 Å². The average molecular weight is 399 g/mol. The maximum absolute atomic E-state index is 13.1. The molecule has 0 aliphatic heterocycles. The lowest BCUT2D eigenvalue weighted by Gasteiger charge is -2.08. The molecule has 140 valence electrons. The molecule has 0 saturated heterocycles. The van der Waals surface area contributed by atoms with Crippen LogP contribution in [0.4, 0.5) is 4.39 Å². The Morgan fingerprint density at radius 1 is 0.759 bits per heavy atom. The van der Waals surface area contributed by atoms with Gasteiger partial charge in [-0.2, -0.15) is 0 Å². The zero-order chi connectivity index (χ0) is 19.6. The normalized spacial score (nSPS) is 10.9. The number of rotatable bonds is 4. The molecule has 5 rings (SSSR count). The molecule has 2 heterocycles. The van der Waals surface area contributed by atoms with Crippen molar-refractivity contribution >= 4 is 21.6 Å². The van der Waals surface area contributed by atoms with Crippen molar-refractivity contribution < 1.29 is 9.13 Å².